The molecule has 0 N–H and O–H groups in total. The van der Waals surface area contributed by atoms with Crippen molar-refractivity contribution >= 4 is 27.7 Å². The van der Waals surface area contributed by atoms with E-state index in [1.54, 1.807) is 0 Å². The third-order valence-corrected chi connectivity index (χ3v) is 3.06. The zero-order valence-corrected chi connectivity index (χ0v) is 11.7. The third-order valence-electron chi connectivity index (χ3n) is 2.35. The van der Waals surface area contributed by atoms with Crippen LogP contribution < -0.4 is 0 Å². The molecule has 3 nitrogen and oxygen atoms in total. The fraction of sp³-hybridized carbons (Fsp3) is 0.333. The molecule has 0 aliphatic carbocycles. The van der Waals surface area contributed by atoms with E-state index in [0.717, 1.165) is 7.11 Å². The summed E-state index contributed by atoms with van der Waals surface area (Å²) in [5.41, 5.74) is -1.43. The van der Waals surface area contributed by atoms with Gasteiger partial charge in [-0.15, -0.1) is 0 Å². The van der Waals surface area contributed by atoms with Crippen LogP contribution in [0.5, 0.6) is 0 Å². The van der Waals surface area contributed by atoms with Crippen LogP contribution in [0.25, 0.3) is 0 Å². The summed E-state index contributed by atoms with van der Waals surface area (Å²) in [5.74, 6) is -1.28. The lowest BCUT2D eigenvalue weighted by molar-refractivity contribution is -0.138. The van der Waals surface area contributed by atoms with Crippen molar-refractivity contribution in [3.63, 3.8) is 0 Å². The Bertz CT molecular complexity index is 524. The summed E-state index contributed by atoms with van der Waals surface area (Å²) in [5, 5.41) is 0. The molecule has 19 heavy (non-hydrogen) atoms. The van der Waals surface area contributed by atoms with E-state index in [4.69, 9.17) is 0 Å². The van der Waals surface area contributed by atoms with Crippen molar-refractivity contribution in [2.24, 2.45) is 0 Å². The number of Topliss-reactive ketones (excluding diaryl/α,β-unsaturated/α-hetero) is 1. The number of esters is 1. The van der Waals surface area contributed by atoms with Gasteiger partial charge in [0.1, 0.15) is 5.78 Å². The van der Waals surface area contributed by atoms with Gasteiger partial charge in [-0.3, -0.25) is 4.79 Å². The van der Waals surface area contributed by atoms with Crippen LogP contribution in [-0.4, -0.2) is 18.9 Å². The largest absolute Gasteiger partial charge is 0.465 e. The molecule has 0 unspecified atom stereocenters. The molecule has 0 aliphatic rings. The van der Waals surface area contributed by atoms with E-state index in [2.05, 4.69) is 20.7 Å². The second kappa shape index (κ2) is 5.73. The fourth-order valence-electron chi connectivity index (χ4n) is 1.55. The van der Waals surface area contributed by atoms with Crippen molar-refractivity contribution in [2.45, 2.75) is 19.5 Å². The SMILES string of the molecule is COC(=O)c1cc(Br)c(CC(C)=O)c(C(F)(F)F)c1. The molecule has 0 spiro atoms. The van der Waals surface area contributed by atoms with Crippen molar-refractivity contribution in [1.29, 1.82) is 0 Å². The number of hydrogen-bond acceptors (Lipinski definition) is 3. The molecule has 0 saturated heterocycles. The molecule has 1 aromatic rings. The molecule has 1 aromatic carbocycles. The standard InChI is InChI=1S/C12H10BrF3O3/c1-6(17)3-8-9(12(14,15)16)4-7(5-10(8)13)11(18)19-2/h4-5H,3H2,1-2H3. The van der Waals surface area contributed by atoms with Gasteiger partial charge in [-0.1, -0.05) is 15.9 Å². The fourth-order valence-corrected chi connectivity index (χ4v) is 2.15. The maximum atomic E-state index is 12.9. The van der Waals surface area contributed by atoms with Crippen LogP contribution in [-0.2, 0) is 22.1 Å². The molecule has 0 atom stereocenters. The van der Waals surface area contributed by atoms with Gasteiger partial charge < -0.3 is 4.74 Å². The molecule has 0 bridgehead atoms. The van der Waals surface area contributed by atoms with Crippen molar-refractivity contribution in [3.05, 3.63) is 33.3 Å². The van der Waals surface area contributed by atoms with Gasteiger partial charge in [-0.25, -0.2) is 4.79 Å². The number of ether oxygens (including phenoxy) is 1. The molecule has 7 heteroatoms. The molecule has 0 saturated carbocycles. The summed E-state index contributed by atoms with van der Waals surface area (Å²) >= 11 is 2.96. The Balaban J connectivity index is 3.47. The highest BCUT2D eigenvalue weighted by atomic mass is 79.9. The predicted octanol–water partition coefficient (Wildman–Crippen LogP) is 3.39. The van der Waals surface area contributed by atoms with Crippen LogP contribution in [0.3, 0.4) is 0 Å². The van der Waals surface area contributed by atoms with Gasteiger partial charge in [0.2, 0.25) is 0 Å². The maximum absolute atomic E-state index is 12.9. The number of carbonyl (C=O) groups is 2. The second-order valence-corrected chi connectivity index (χ2v) is 4.71. The molecule has 0 aromatic heterocycles. The highest BCUT2D eigenvalue weighted by molar-refractivity contribution is 9.10. The Labute approximate surface area is 115 Å². The number of halogens is 4. The van der Waals surface area contributed by atoms with E-state index in [0.29, 0.717) is 6.07 Å². The molecule has 0 aliphatic heterocycles. The molecule has 0 amide bonds. The minimum absolute atomic E-state index is 0.0536. The Kier molecular flexibility index (Phi) is 4.73. The van der Waals surface area contributed by atoms with E-state index >= 15 is 0 Å². The first kappa shape index (κ1) is 15.7. The number of ketones is 1. The van der Waals surface area contributed by atoms with Crippen LogP contribution >= 0.6 is 15.9 Å². The van der Waals surface area contributed by atoms with Gasteiger partial charge in [0.25, 0.3) is 0 Å². The number of benzene rings is 1. The van der Waals surface area contributed by atoms with Crippen LogP contribution in [0.15, 0.2) is 16.6 Å². The lowest BCUT2D eigenvalue weighted by Crippen LogP contribution is -2.14. The van der Waals surface area contributed by atoms with Gasteiger partial charge in [0.05, 0.1) is 18.2 Å². The lowest BCUT2D eigenvalue weighted by atomic mass is 9.99. The van der Waals surface area contributed by atoms with E-state index in [9.17, 15) is 22.8 Å². The van der Waals surface area contributed by atoms with E-state index in [1.807, 2.05) is 0 Å². The van der Waals surface area contributed by atoms with Crippen molar-refractivity contribution in [1.82, 2.24) is 0 Å². The summed E-state index contributed by atoms with van der Waals surface area (Å²) in [6.45, 7) is 1.20. The number of methoxy groups -OCH3 is 1. The monoisotopic (exact) mass is 338 g/mol. The van der Waals surface area contributed by atoms with Crippen LogP contribution in [0, 0.1) is 0 Å². The quantitative estimate of drug-likeness (QED) is 0.793. The molecule has 0 fully saturated rings. The highest BCUT2D eigenvalue weighted by Crippen LogP contribution is 2.36. The predicted molar refractivity (Wildman–Crippen MR) is 64.9 cm³/mol. The summed E-state index contributed by atoms with van der Waals surface area (Å²) < 4.78 is 43.3. The molecular weight excluding hydrogens is 329 g/mol. The summed E-state index contributed by atoms with van der Waals surface area (Å²) in [6.07, 6.45) is -5.02. The number of carbonyl (C=O) groups excluding carboxylic acids is 2. The van der Waals surface area contributed by atoms with Crippen LogP contribution in [0.2, 0.25) is 0 Å². The van der Waals surface area contributed by atoms with Gasteiger partial charge in [0.15, 0.2) is 0 Å². The van der Waals surface area contributed by atoms with Gasteiger partial charge in [0, 0.05) is 10.9 Å². The maximum Gasteiger partial charge on any atom is 0.416 e. The van der Waals surface area contributed by atoms with E-state index < -0.39 is 23.5 Å². The second-order valence-electron chi connectivity index (χ2n) is 3.85. The Hall–Kier alpha value is -1.37. The van der Waals surface area contributed by atoms with Gasteiger partial charge in [-0.2, -0.15) is 13.2 Å². The summed E-state index contributed by atoms with van der Waals surface area (Å²) in [7, 11) is 1.08. The molecule has 104 valence electrons. The average Bonchev–Trinajstić information content (AvgIpc) is 2.28. The average molecular weight is 339 g/mol. The van der Waals surface area contributed by atoms with E-state index in [1.165, 1.54) is 13.0 Å². The number of rotatable bonds is 3. The first-order valence-corrected chi connectivity index (χ1v) is 5.93. The minimum atomic E-state index is -4.66. The molecule has 0 radical (unpaired) electrons. The molecule has 0 heterocycles. The Morgan fingerprint density at radius 3 is 2.32 bits per heavy atom. The minimum Gasteiger partial charge on any atom is -0.465 e. The van der Waals surface area contributed by atoms with E-state index in [-0.39, 0.29) is 22.0 Å². The van der Waals surface area contributed by atoms with Gasteiger partial charge in [-0.05, 0) is 24.6 Å². The molecular formula is C12H10BrF3O3. The van der Waals surface area contributed by atoms with Crippen LogP contribution in [0.1, 0.15) is 28.4 Å². The van der Waals surface area contributed by atoms with Crippen LogP contribution in [0.4, 0.5) is 13.2 Å². The Morgan fingerprint density at radius 2 is 1.89 bits per heavy atom. The number of alkyl halides is 3. The number of hydrogen-bond donors (Lipinski definition) is 0. The topological polar surface area (TPSA) is 43.4 Å². The van der Waals surface area contributed by atoms with Gasteiger partial charge >= 0.3 is 12.1 Å². The molecule has 1 rings (SSSR count). The zero-order valence-electron chi connectivity index (χ0n) is 10.1. The first-order chi connectivity index (χ1) is 8.66. The first-order valence-electron chi connectivity index (χ1n) is 5.14. The van der Waals surface area contributed by atoms with Crippen molar-refractivity contribution in [3.8, 4) is 0 Å². The summed E-state index contributed by atoms with van der Waals surface area (Å²) in [6, 6.07) is 1.90. The zero-order chi connectivity index (χ0) is 14.8. The Morgan fingerprint density at radius 1 is 1.32 bits per heavy atom. The lowest BCUT2D eigenvalue weighted by Gasteiger charge is -2.15. The van der Waals surface area contributed by atoms with Crippen molar-refractivity contribution < 1.29 is 27.5 Å². The third kappa shape index (κ3) is 3.79. The van der Waals surface area contributed by atoms with Crippen molar-refractivity contribution in [2.75, 3.05) is 7.11 Å². The summed E-state index contributed by atoms with van der Waals surface area (Å²) in [4.78, 5) is 22.3. The highest BCUT2D eigenvalue weighted by Gasteiger charge is 2.35. The smallest absolute Gasteiger partial charge is 0.416 e. The normalized spacial score (nSPS) is 11.3.